The van der Waals surface area contributed by atoms with Gasteiger partial charge < -0.3 is 5.32 Å². The van der Waals surface area contributed by atoms with Crippen LogP contribution >= 0.6 is 0 Å². The number of nitrogens with one attached hydrogen (secondary N) is 1. The van der Waals surface area contributed by atoms with E-state index in [4.69, 9.17) is 0 Å². The van der Waals surface area contributed by atoms with Crippen molar-refractivity contribution in [3.8, 4) is 0 Å². The Morgan fingerprint density at radius 2 is 1.93 bits per heavy atom. The molecule has 0 aliphatic carbocycles. The van der Waals surface area contributed by atoms with Crippen LogP contribution in [0, 0.1) is 6.92 Å². The van der Waals surface area contributed by atoms with E-state index in [1.807, 2.05) is 13.0 Å². The summed E-state index contributed by atoms with van der Waals surface area (Å²) in [5, 5.41) is 3.20. The highest BCUT2D eigenvalue weighted by Crippen LogP contribution is 2.15. The highest BCUT2D eigenvalue weighted by atomic mass is 14.9. The average Bonchev–Trinajstić information content (AvgIpc) is 2.19. The minimum absolute atomic E-state index is 0.234. The monoisotopic (exact) mass is 187 g/mol. The number of hydrogen-bond donors (Lipinski definition) is 1. The van der Waals surface area contributed by atoms with Gasteiger partial charge >= 0.3 is 0 Å². The molecule has 1 atom stereocenters. The Morgan fingerprint density at radius 3 is 2.43 bits per heavy atom. The molecule has 0 fully saturated rings. The lowest BCUT2D eigenvalue weighted by Crippen LogP contribution is -2.12. The molecular formula is C13H17N. The number of hydrogen-bond acceptors (Lipinski definition) is 1. The molecule has 0 spiro atoms. The van der Waals surface area contributed by atoms with Crippen molar-refractivity contribution in [2.75, 3.05) is 0 Å². The Kier molecular flexibility index (Phi) is 3.99. The molecule has 1 N–H and O–H groups in total. The molecule has 1 rings (SSSR count). The molecule has 0 aliphatic heterocycles. The summed E-state index contributed by atoms with van der Waals surface area (Å²) >= 11 is 0. The molecule has 0 bridgehead atoms. The van der Waals surface area contributed by atoms with Crippen LogP contribution in [0.5, 0.6) is 0 Å². The fraction of sp³-hybridized carbons (Fsp3) is 0.231. The van der Waals surface area contributed by atoms with Gasteiger partial charge in [0.2, 0.25) is 0 Å². The van der Waals surface area contributed by atoms with Crippen LogP contribution in [0.3, 0.4) is 0 Å². The second-order valence-electron chi connectivity index (χ2n) is 3.28. The van der Waals surface area contributed by atoms with E-state index in [9.17, 15) is 0 Å². The fourth-order valence-corrected chi connectivity index (χ4v) is 1.36. The van der Waals surface area contributed by atoms with E-state index in [1.165, 1.54) is 11.1 Å². The highest BCUT2D eigenvalue weighted by Gasteiger charge is 2.03. The predicted molar refractivity (Wildman–Crippen MR) is 62.1 cm³/mol. The van der Waals surface area contributed by atoms with Crippen LogP contribution in [-0.4, -0.2) is 0 Å². The second kappa shape index (κ2) is 5.28. The third-order valence-electron chi connectivity index (χ3n) is 2.12. The summed E-state index contributed by atoms with van der Waals surface area (Å²) in [4.78, 5) is 0. The summed E-state index contributed by atoms with van der Waals surface area (Å²) in [5.41, 5.74) is 2.54. The second-order valence-corrected chi connectivity index (χ2v) is 3.28. The minimum atomic E-state index is 0.234. The van der Waals surface area contributed by atoms with E-state index >= 15 is 0 Å². The summed E-state index contributed by atoms with van der Waals surface area (Å²) in [7, 11) is 0. The first-order valence-electron chi connectivity index (χ1n) is 4.84. The lowest BCUT2D eigenvalue weighted by Gasteiger charge is -2.13. The number of benzene rings is 1. The van der Waals surface area contributed by atoms with Gasteiger partial charge in [0.05, 0.1) is 6.04 Å². The van der Waals surface area contributed by atoms with Crippen LogP contribution in [-0.2, 0) is 0 Å². The summed E-state index contributed by atoms with van der Waals surface area (Å²) in [6.07, 6.45) is 5.89. The molecule has 1 aromatic carbocycles. The zero-order valence-corrected chi connectivity index (χ0v) is 8.83. The summed E-state index contributed by atoms with van der Waals surface area (Å²) in [5.74, 6) is 0. The van der Waals surface area contributed by atoms with Crippen molar-refractivity contribution in [2.45, 2.75) is 19.9 Å². The number of allylic oxidation sites excluding steroid dienone is 1. The molecule has 0 aromatic heterocycles. The predicted octanol–water partition coefficient (Wildman–Crippen LogP) is 3.35. The third-order valence-corrected chi connectivity index (χ3v) is 2.12. The van der Waals surface area contributed by atoms with Gasteiger partial charge in [-0.3, -0.25) is 0 Å². The Balaban J connectivity index is 2.87. The van der Waals surface area contributed by atoms with Gasteiger partial charge in [-0.2, -0.15) is 0 Å². The van der Waals surface area contributed by atoms with Crippen molar-refractivity contribution in [3.63, 3.8) is 0 Å². The average molecular weight is 187 g/mol. The SMILES string of the molecule is C=CNC(/C=C\C)c1ccc(C)cc1. The maximum atomic E-state index is 3.68. The molecule has 0 radical (unpaired) electrons. The smallest absolute Gasteiger partial charge is 0.0692 e. The zero-order valence-electron chi connectivity index (χ0n) is 8.83. The van der Waals surface area contributed by atoms with Crippen LogP contribution in [0.4, 0.5) is 0 Å². The van der Waals surface area contributed by atoms with Gasteiger partial charge in [0, 0.05) is 0 Å². The molecule has 0 saturated carbocycles. The fourth-order valence-electron chi connectivity index (χ4n) is 1.36. The highest BCUT2D eigenvalue weighted by molar-refractivity contribution is 5.27. The molecule has 1 unspecified atom stereocenters. The van der Waals surface area contributed by atoms with Gasteiger partial charge in [0.1, 0.15) is 0 Å². The van der Waals surface area contributed by atoms with Crippen LogP contribution in [0.2, 0.25) is 0 Å². The number of aryl methyl sites for hydroxylation is 1. The molecule has 0 aliphatic rings. The van der Waals surface area contributed by atoms with Gasteiger partial charge in [0.25, 0.3) is 0 Å². The van der Waals surface area contributed by atoms with E-state index < -0.39 is 0 Å². The quantitative estimate of drug-likeness (QED) is 0.713. The summed E-state index contributed by atoms with van der Waals surface area (Å²) < 4.78 is 0. The van der Waals surface area contributed by atoms with Crippen molar-refractivity contribution in [1.29, 1.82) is 0 Å². The molecular weight excluding hydrogens is 170 g/mol. The van der Waals surface area contributed by atoms with E-state index in [1.54, 1.807) is 6.20 Å². The van der Waals surface area contributed by atoms with Crippen molar-refractivity contribution >= 4 is 0 Å². The lowest BCUT2D eigenvalue weighted by molar-refractivity contribution is 0.755. The van der Waals surface area contributed by atoms with E-state index in [2.05, 4.69) is 49.2 Å². The van der Waals surface area contributed by atoms with Crippen LogP contribution in [0.15, 0.2) is 49.2 Å². The Morgan fingerprint density at radius 1 is 1.29 bits per heavy atom. The first kappa shape index (κ1) is 10.6. The summed E-state index contributed by atoms with van der Waals surface area (Å²) in [6, 6.07) is 8.75. The first-order valence-corrected chi connectivity index (χ1v) is 4.84. The molecule has 74 valence electrons. The molecule has 14 heavy (non-hydrogen) atoms. The Hall–Kier alpha value is -1.50. The van der Waals surface area contributed by atoms with Crippen LogP contribution < -0.4 is 5.32 Å². The van der Waals surface area contributed by atoms with Crippen LogP contribution in [0.1, 0.15) is 24.1 Å². The zero-order chi connectivity index (χ0) is 10.4. The van der Waals surface area contributed by atoms with E-state index in [0.29, 0.717) is 0 Å². The topological polar surface area (TPSA) is 12.0 Å². The molecule has 1 nitrogen and oxygen atoms in total. The van der Waals surface area contributed by atoms with Gasteiger partial charge in [-0.05, 0) is 25.6 Å². The maximum absolute atomic E-state index is 3.68. The molecule has 1 heteroatoms. The molecule has 1 aromatic rings. The van der Waals surface area contributed by atoms with Gasteiger partial charge in [-0.25, -0.2) is 0 Å². The first-order chi connectivity index (χ1) is 6.77. The van der Waals surface area contributed by atoms with Crippen molar-refractivity contribution in [1.82, 2.24) is 5.32 Å². The van der Waals surface area contributed by atoms with Gasteiger partial charge in [0.15, 0.2) is 0 Å². The third kappa shape index (κ3) is 2.77. The minimum Gasteiger partial charge on any atom is -0.381 e. The van der Waals surface area contributed by atoms with Gasteiger partial charge in [-0.1, -0.05) is 48.6 Å². The molecule has 0 heterocycles. The Bertz CT molecular complexity index is 309. The van der Waals surface area contributed by atoms with Crippen molar-refractivity contribution in [3.05, 3.63) is 60.3 Å². The maximum Gasteiger partial charge on any atom is 0.0692 e. The van der Waals surface area contributed by atoms with Crippen molar-refractivity contribution in [2.24, 2.45) is 0 Å². The standard InChI is InChI=1S/C13H17N/c1-4-6-13(14-5-2)12-9-7-11(3)8-10-12/h4-10,13-14H,2H2,1,3H3/b6-4-. The van der Waals surface area contributed by atoms with Crippen molar-refractivity contribution < 1.29 is 0 Å². The Labute approximate surface area is 86.2 Å². The number of rotatable bonds is 4. The molecule has 0 saturated heterocycles. The molecule has 0 amide bonds. The largest absolute Gasteiger partial charge is 0.381 e. The van der Waals surface area contributed by atoms with E-state index in [-0.39, 0.29) is 6.04 Å². The van der Waals surface area contributed by atoms with Crippen LogP contribution in [0.25, 0.3) is 0 Å². The lowest BCUT2D eigenvalue weighted by atomic mass is 10.1. The summed E-state index contributed by atoms with van der Waals surface area (Å²) in [6.45, 7) is 7.79. The van der Waals surface area contributed by atoms with E-state index in [0.717, 1.165) is 0 Å². The normalized spacial score (nSPS) is 12.7. The van der Waals surface area contributed by atoms with Gasteiger partial charge in [-0.15, -0.1) is 0 Å².